The molecule has 0 radical (unpaired) electrons. The molecule has 2 N–H and O–H groups in total. The average molecular weight is 292 g/mol. The molecule has 0 bridgehead atoms. The summed E-state index contributed by atoms with van der Waals surface area (Å²) in [7, 11) is -3.54. The van der Waals surface area contributed by atoms with Crippen molar-refractivity contribution in [2.75, 3.05) is 11.9 Å². The fraction of sp³-hybridized carbons (Fsp3) is 0.545. The molecule has 0 aliphatic carbocycles. The molecular weight excluding hydrogens is 274 g/mol. The second kappa shape index (κ2) is 6.36. The molecule has 1 aromatic rings. The zero-order valence-electron chi connectivity index (χ0n) is 10.7. The number of halogens is 1. The van der Waals surface area contributed by atoms with Crippen LogP contribution in [0.15, 0.2) is 17.2 Å². The van der Waals surface area contributed by atoms with Crippen LogP contribution in [0.4, 0.5) is 5.82 Å². The molecule has 0 aromatic carbocycles. The molecule has 0 spiro atoms. The lowest BCUT2D eigenvalue weighted by molar-refractivity contribution is 0.569. The van der Waals surface area contributed by atoms with Gasteiger partial charge in [-0.15, -0.1) is 0 Å². The molecule has 5 nitrogen and oxygen atoms in total. The number of nitrogens with zero attached hydrogens (tertiary/aromatic N) is 1. The number of hydrogen-bond donors (Lipinski definition) is 2. The summed E-state index contributed by atoms with van der Waals surface area (Å²) in [5, 5.41) is 3.32. The van der Waals surface area contributed by atoms with Gasteiger partial charge in [0.1, 0.15) is 10.7 Å². The first-order valence-electron chi connectivity index (χ1n) is 5.78. The average Bonchev–Trinajstić information content (AvgIpc) is 2.25. The van der Waals surface area contributed by atoms with Crippen molar-refractivity contribution < 1.29 is 8.42 Å². The zero-order chi connectivity index (χ0) is 13.8. The van der Waals surface area contributed by atoms with Gasteiger partial charge in [0, 0.05) is 18.8 Å². The summed E-state index contributed by atoms with van der Waals surface area (Å²) in [6.07, 6.45) is 2.24. The lowest BCUT2D eigenvalue weighted by Gasteiger charge is -2.11. The predicted molar refractivity (Wildman–Crippen MR) is 73.5 cm³/mol. The number of anilines is 1. The minimum atomic E-state index is -3.54. The largest absolute Gasteiger partial charge is 0.369 e. The summed E-state index contributed by atoms with van der Waals surface area (Å²) in [5.41, 5.74) is 0. The molecular formula is C11H18ClN3O2S. The highest BCUT2D eigenvalue weighted by atomic mass is 35.5. The molecule has 0 saturated carbocycles. The number of nitrogens with one attached hydrogen (secondary N) is 2. The van der Waals surface area contributed by atoms with Gasteiger partial charge >= 0.3 is 0 Å². The van der Waals surface area contributed by atoms with Gasteiger partial charge in [0.2, 0.25) is 10.0 Å². The van der Waals surface area contributed by atoms with Gasteiger partial charge in [-0.3, -0.25) is 0 Å². The first-order valence-corrected chi connectivity index (χ1v) is 7.64. The quantitative estimate of drug-likeness (QED) is 0.843. The standard InChI is InChI=1S/C11H18ClN3O2S/c1-4-5-13-11-10(12)6-9(7-14-11)18(16,17)15-8(2)3/h6-8,15H,4-5H2,1-3H3,(H,13,14). The SMILES string of the molecule is CCCNc1ncc(S(=O)(=O)NC(C)C)cc1Cl. The summed E-state index contributed by atoms with van der Waals surface area (Å²) in [4.78, 5) is 4.10. The van der Waals surface area contributed by atoms with E-state index in [1.165, 1.54) is 12.3 Å². The van der Waals surface area contributed by atoms with Gasteiger partial charge in [0.15, 0.2) is 0 Å². The number of hydrogen-bond acceptors (Lipinski definition) is 4. The Balaban J connectivity index is 2.97. The van der Waals surface area contributed by atoms with Crippen LogP contribution in [0, 0.1) is 0 Å². The van der Waals surface area contributed by atoms with E-state index in [0.29, 0.717) is 10.8 Å². The van der Waals surface area contributed by atoms with Crippen LogP contribution in [0.2, 0.25) is 5.02 Å². The van der Waals surface area contributed by atoms with E-state index < -0.39 is 10.0 Å². The maximum Gasteiger partial charge on any atom is 0.242 e. The van der Waals surface area contributed by atoms with Crippen LogP contribution in [-0.4, -0.2) is 26.0 Å². The van der Waals surface area contributed by atoms with Crippen molar-refractivity contribution in [3.63, 3.8) is 0 Å². The minimum Gasteiger partial charge on any atom is -0.369 e. The van der Waals surface area contributed by atoms with E-state index in [-0.39, 0.29) is 10.9 Å². The normalized spacial score (nSPS) is 11.8. The van der Waals surface area contributed by atoms with Gasteiger partial charge < -0.3 is 5.32 Å². The summed E-state index contributed by atoms with van der Waals surface area (Å²) in [6.45, 7) is 6.27. The van der Waals surface area contributed by atoms with Crippen molar-refractivity contribution in [2.24, 2.45) is 0 Å². The highest BCUT2D eigenvalue weighted by Gasteiger charge is 2.17. The molecule has 0 fully saturated rings. The molecule has 1 heterocycles. The number of rotatable bonds is 6. The highest BCUT2D eigenvalue weighted by Crippen LogP contribution is 2.22. The number of pyridine rings is 1. The van der Waals surface area contributed by atoms with Crippen molar-refractivity contribution in [3.8, 4) is 0 Å². The van der Waals surface area contributed by atoms with E-state index in [1.54, 1.807) is 13.8 Å². The van der Waals surface area contributed by atoms with Gasteiger partial charge in [0.05, 0.1) is 5.02 Å². The first kappa shape index (κ1) is 15.2. The maximum absolute atomic E-state index is 11.9. The molecule has 102 valence electrons. The molecule has 7 heteroatoms. The lowest BCUT2D eigenvalue weighted by atomic mass is 10.4. The van der Waals surface area contributed by atoms with E-state index in [4.69, 9.17) is 11.6 Å². The van der Waals surface area contributed by atoms with Gasteiger partial charge in [0.25, 0.3) is 0 Å². The smallest absolute Gasteiger partial charge is 0.242 e. The van der Waals surface area contributed by atoms with Crippen LogP contribution < -0.4 is 10.0 Å². The van der Waals surface area contributed by atoms with Crippen molar-refractivity contribution >= 4 is 27.4 Å². The maximum atomic E-state index is 11.9. The monoisotopic (exact) mass is 291 g/mol. The van der Waals surface area contributed by atoms with Crippen LogP contribution in [0.1, 0.15) is 27.2 Å². The van der Waals surface area contributed by atoms with E-state index in [1.807, 2.05) is 6.92 Å². The Labute approximate surface area is 113 Å². The third-order valence-electron chi connectivity index (χ3n) is 2.06. The Morgan fingerprint density at radius 2 is 2.11 bits per heavy atom. The fourth-order valence-electron chi connectivity index (χ4n) is 1.32. The second-order valence-corrected chi connectivity index (χ2v) is 6.33. The van der Waals surface area contributed by atoms with E-state index >= 15 is 0 Å². The lowest BCUT2D eigenvalue weighted by Crippen LogP contribution is -2.30. The molecule has 0 unspecified atom stereocenters. The van der Waals surface area contributed by atoms with Crippen LogP contribution in [0.5, 0.6) is 0 Å². The first-order chi connectivity index (χ1) is 8.36. The molecule has 18 heavy (non-hydrogen) atoms. The Morgan fingerprint density at radius 3 is 2.61 bits per heavy atom. The Bertz CT molecular complexity index is 503. The van der Waals surface area contributed by atoms with Gasteiger partial charge in [-0.2, -0.15) is 0 Å². The van der Waals surface area contributed by atoms with E-state index in [2.05, 4.69) is 15.0 Å². The molecule has 1 rings (SSSR count). The molecule has 0 saturated heterocycles. The van der Waals surface area contributed by atoms with Crippen molar-refractivity contribution in [3.05, 3.63) is 17.3 Å². The third kappa shape index (κ3) is 4.12. The second-order valence-electron chi connectivity index (χ2n) is 4.20. The molecule has 0 aliphatic rings. The van der Waals surface area contributed by atoms with Crippen LogP contribution in [0.25, 0.3) is 0 Å². The molecule has 0 amide bonds. The van der Waals surface area contributed by atoms with E-state index in [0.717, 1.165) is 13.0 Å². The minimum absolute atomic E-state index is 0.0725. The van der Waals surface area contributed by atoms with Gasteiger partial charge in [-0.05, 0) is 26.3 Å². The Kier molecular flexibility index (Phi) is 5.37. The third-order valence-corrected chi connectivity index (χ3v) is 3.97. The molecule has 1 aromatic heterocycles. The van der Waals surface area contributed by atoms with Crippen LogP contribution in [-0.2, 0) is 10.0 Å². The van der Waals surface area contributed by atoms with Crippen LogP contribution >= 0.6 is 11.6 Å². The van der Waals surface area contributed by atoms with Gasteiger partial charge in [-0.25, -0.2) is 18.1 Å². The predicted octanol–water partition coefficient (Wildman–Crippen LogP) is 2.24. The van der Waals surface area contributed by atoms with Crippen LogP contribution in [0.3, 0.4) is 0 Å². The summed E-state index contributed by atoms with van der Waals surface area (Å²) in [6, 6.07) is 1.23. The van der Waals surface area contributed by atoms with Gasteiger partial charge in [-0.1, -0.05) is 18.5 Å². The Morgan fingerprint density at radius 1 is 1.44 bits per heavy atom. The Hall–Kier alpha value is -0.850. The summed E-state index contributed by atoms with van der Waals surface area (Å²) >= 11 is 5.99. The fourth-order valence-corrected chi connectivity index (χ4v) is 2.84. The molecule has 0 atom stereocenters. The van der Waals surface area contributed by atoms with Crippen molar-refractivity contribution in [1.82, 2.24) is 9.71 Å². The summed E-state index contributed by atoms with van der Waals surface area (Å²) < 4.78 is 26.3. The van der Waals surface area contributed by atoms with Crippen molar-refractivity contribution in [2.45, 2.75) is 38.1 Å². The number of sulfonamides is 1. The number of aromatic nitrogens is 1. The summed E-state index contributed by atoms with van der Waals surface area (Å²) in [5.74, 6) is 0.502. The topological polar surface area (TPSA) is 71.1 Å². The highest BCUT2D eigenvalue weighted by molar-refractivity contribution is 7.89. The van der Waals surface area contributed by atoms with E-state index in [9.17, 15) is 8.42 Å². The molecule has 0 aliphatic heterocycles. The van der Waals surface area contributed by atoms with Crippen molar-refractivity contribution in [1.29, 1.82) is 0 Å². The zero-order valence-corrected chi connectivity index (χ0v) is 12.3.